The van der Waals surface area contributed by atoms with E-state index in [1.165, 1.54) is 12.1 Å². The number of likely N-dealkylation sites (N-methyl/N-ethyl adjacent to an activating group) is 1. The zero-order valence-electron chi connectivity index (χ0n) is 11.1. The standard InChI is InChI=1S/C7H6O3.C5H14NO.Mg/c8-6-4-2-1-3-5(6)7(9)10;1-6(2,3)4-5-7;/h1-4,8H,(H,9,10);7H,4-5H2,1-3H3;/q;+1;+2. The zero-order chi connectivity index (χ0) is 13.5. The minimum absolute atomic E-state index is 0. The van der Waals surface area contributed by atoms with E-state index in [0.29, 0.717) is 0 Å². The molecule has 0 amide bonds. The van der Waals surface area contributed by atoms with Crippen molar-refractivity contribution in [3.8, 4) is 5.75 Å². The van der Waals surface area contributed by atoms with Gasteiger partial charge in [-0.3, -0.25) is 0 Å². The molecular weight excluding hydrogens is 246 g/mol. The molecule has 1 rings (SSSR count). The summed E-state index contributed by atoms with van der Waals surface area (Å²) >= 11 is 0. The summed E-state index contributed by atoms with van der Waals surface area (Å²) in [7, 11) is 6.16. The number of phenols is 1. The number of aromatic hydroxyl groups is 1. The molecule has 0 unspecified atom stereocenters. The Hall–Kier alpha value is -0.824. The van der Waals surface area contributed by atoms with Crippen LogP contribution in [0.3, 0.4) is 0 Å². The van der Waals surface area contributed by atoms with Crippen LogP contribution in [0.1, 0.15) is 10.4 Å². The Labute approximate surface area is 123 Å². The molecule has 3 N–H and O–H groups in total. The van der Waals surface area contributed by atoms with Gasteiger partial charge in [0.05, 0.1) is 27.7 Å². The second-order valence-corrected chi connectivity index (χ2v) is 4.56. The summed E-state index contributed by atoms with van der Waals surface area (Å²) in [6.45, 7) is 1.11. The Bertz CT molecular complexity index is 363. The van der Waals surface area contributed by atoms with Crippen molar-refractivity contribution in [3.63, 3.8) is 0 Å². The number of aliphatic hydroxyl groups excluding tert-OH is 1. The second kappa shape index (κ2) is 9.15. The Kier molecular flexibility index (Phi) is 9.92. The van der Waals surface area contributed by atoms with Crippen molar-refractivity contribution in [2.45, 2.75) is 0 Å². The molecule has 0 aromatic heterocycles. The predicted octanol–water partition coefficient (Wildman–Crippen LogP) is 0.394. The molecule has 1 aromatic carbocycles. The van der Waals surface area contributed by atoms with Crippen molar-refractivity contribution in [3.05, 3.63) is 29.8 Å². The summed E-state index contributed by atoms with van der Waals surface area (Å²) in [5.41, 5.74) is -0.0671. The summed E-state index contributed by atoms with van der Waals surface area (Å²) in [5, 5.41) is 25.7. The monoisotopic (exact) mass is 266 g/mol. The van der Waals surface area contributed by atoms with Crippen molar-refractivity contribution < 1.29 is 24.6 Å². The molecule has 0 saturated heterocycles. The third-order valence-electron chi connectivity index (χ3n) is 1.91. The van der Waals surface area contributed by atoms with Crippen LogP contribution in [0.4, 0.5) is 0 Å². The molecule has 0 aliphatic heterocycles. The van der Waals surface area contributed by atoms with Gasteiger partial charge < -0.3 is 19.8 Å². The number of hydrogen-bond donors (Lipinski definition) is 3. The van der Waals surface area contributed by atoms with E-state index in [2.05, 4.69) is 21.1 Å². The number of carbonyl (C=O) groups is 1. The van der Waals surface area contributed by atoms with Gasteiger partial charge in [0, 0.05) is 0 Å². The number of benzene rings is 1. The fourth-order valence-corrected chi connectivity index (χ4v) is 0.954. The number of quaternary nitrogens is 1. The van der Waals surface area contributed by atoms with Crippen LogP contribution in [-0.2, 0) is 0 Å². The molecule has 18 heavy (non-hydrogen) atoms. The minimum atomic E-state index is -1.11. The van der Waals surface area contributed by atoms with E-state index in [0.717, 1.165) is 11.0 Å². The molecular formula is C12H20MgNO4+3. The van der Waals surface area contributed by atoms with Crippen LogP contribution in [0.2, 0.25) is 0 Å². The van der Waals surface area contributed by atoms with Crippen molar-refractivity contribution >= 4 is 29.0 Å². The van der Waals surface area contributed by atoms with Gasteiger partial charge in [0.1, 0.15) is 17.9 Å². The van der Waals surface area contributed by atoms with Crippen molar-refractivity contribution in [1.29, 1.82) is 0 Å². The van der Waals surface area contributed by atoms with Gasteiger partial charge in [-0.05, 0) is 12.1 Å². The molecule has 0 saturated carbocycles. The van der Waals surface area contributed by atoms with Crippen molar-refractivity contribution in [1.82, 2.24) is 0 Å². The van der Waals surface area contributed by atoms with Gasteiger partial charge in [-0.25, -0.2) is 4.79 Å². The number of carboxylic acid groups (broad SMARTS) is 1. The van der Waals surface area contributed by atoms with Crippen LogP contribution >= 0.6 is 0 Å². The summed E-state index contributed by atoms with van der Waals surface area (Å²) in [6.07, 6.45) is 0. The number of carboxylic acids is 1. The topological polar surface area (TPSA) is 77.8 Å². The summed E-state index contributed by atoms with van der Waals surface area (Å²) < 4.78 is 0.844. The van der Waals surface area contributed by atoms with E-state index in [9.17, 15) is 4.79 Å². The van der Waals surface area contributed by atoms with Gasteiger partial charge >= 0.3 is 29.0 Å². The first-order chi connectivity index (χ1) is 7.78. The van der Waals surface area contributed by atoms with E-state index in [1.54, 1.807) is 12.1 Å². The average molecular weight is 267 g/mol. The Balaban J connectivity index is 0. The van der Waals surface area contributed by atoms with Crippen molar-refractivity contribution in [2.75, 3.05) is 34.3 Å². The van der Waals surface area contributed by atoms with E-state index < -0.39 is 5.97 Å². The van der Waals surface area contributed by atoms with Gasteiger partial charge in [0.2, 0.25) is 0 Å². The molecule has 0 spiro atoms. The van der Waals surface area contributed by atoms with Gasteiger partial charge in [-0.1, -0.05) is 12.1 Å². The summed E-state index contributed by atoms with van der Waals surface area (Å²) in [4.78, 5) is 10.3. The Morgan fingerprint density at radius 3 is 1.94 bits per heavy atom. The molecule has 0 bridgehead atoms. The maximum Gasteiger partial charge on any atom is 2.00 e. The van der Waals surface area contributed by atoms with Crippen LogP contribution in [-0.4, -0.2) is 83.1 Å². The van der Waals surface area contributed by atoms with Crippen LogP contribution in [0.15, 0.2) is 24.3 Å². The maximum absolute atomic E-state index is 10.3. The summed E-state index contributed by atoms with van der Waals surface area (Å²) in [5.74, 6) is -1.31. The molecule has 1 aromatic rings. The van der Waals surface area contributed by atoms with E-state index in [4.69, 9.17) is 15.3 Å². The largest absolute Gasteiger partial charge is 2.00 e. The Morgan fingerprint density at radius 1 is 1.22 bits per heavy atom. The maximum atomic E-state index is 10.3. The van der Waals surface area contributed by atoms with Crippen LogP contribution in [0.25, 0.3) is 0 Å². The molecule has 0 aliphatic carbocycles. The molecule has 6 heteroatoms. The fraction of sp³-hybridized carbons (Fsp3) is 0.417. The van der Waals surface area contributed by atoms with E-state index >= 15 is 0 Å². The average Bonchev–Trinajstić information content (AvgIpc) is 2.16. The first-order valence-electron chi connectivity index (χ1n) is 5.20. The number of aliphatic hydroxyl groups is 1. The van der Waals surface area contributed by atoms with Crippen LogP contribution in [0, 0.1) is 0 Å². The molecule has 0 heterocycles. The number of para-hydroxylation sites is 1. The van der Waals surface area contributed by atoms with Crippen molar-refractivity contribution in [2.24, 2.45) is 0 Å². The third kappa shape index (κ3) is 9.23. The van der Waals surface area contributed by atoms with E-state index in [-0.39, 0.29) is 41.0 Å². The van der Waals surface area contributed by atoms with Gasteiger partial charge in [-0.15, -0.1) is 0 Å². The second-order valence-electron chi connectivity index (χ2n) is 4.56. The Morgan fingerprint density at radius 2 is 1.72 bits per heavy atom. The number of nitrogens with zero attached hydrogens (tertiary/aromatic N) is 1. The molecule has 0 fully saturated rings. The van der Waals surface area contributed by atoms with Gasteiger partial charge in [0.25, 0.3) is 0 Å². The van der Waals surface area contributed by atoms with E-state index in [1.807, 2.05) is 0 Å². The van der Waals surface area contributed by atoms with Crippen LogP contribution in [0.5, 0.6) is 5.75 Å². The minimum Gasteiger partial charge on any atom is -0.507 e. The number of rotatable bonds is 3. The SMILES string of the molecule is C[N+](C)(C)CCO.O=C(O)c1ccccc1O.[Mg+2]. The molecule has 0 aliphatic rings. The third-order valence-corrected chi connectivity index (χ3v) is 1.91. The fourth-order valence-electron chi connectivity index (χ4n) is 0.954. The van der Waals surface area contributed by atoms with Gasteiger partial charge in [0.15, 0.2) is 0 Å². The molecule has 0 radical (unpaired) electrons. The quantitative estimate of drug-likeness (QED) is 0.546. The van der Waals surface area contributed by atoms with Gasteiger partial charge in [-0.2, -0.15) is 0 Å². The molecule has 5 nitrogen and oxygen atoms in total. The normalized spacial score (nSPS) is 9.78. The first-order valence-corrected chi connectivity index (χ1v) is 5.20. The number of aromatic carboxylic acids is 1. The molecule has 96 valence electrons. The first kappa shape index (κ1) is 19.5. The predicted molar refractivity (Wildman–Crippen MR) is 70.8 cm³/mol. The van der Waals surface area contributed by atoms with Crippen LogP contribution < -0.4 is 0 Å². The number of hydrogen-bond acceptors (Lipinski definition) is 3. The smallest absolute Gasteiger partial charge is 0.507 e. The molecule has 0 atom stereocenters. The zero-order valence-corrected chi connectivity index (χ0v) is 12.5. The summed E-state index contributed by atoms with van der Waals surface area (Å²) in [6, 6.07) is 5.81.